The van der Waals surface area contributed by atoms with Crippen molar-refractivity contribution in [2.75, 3.05) is 12.6 Å². The van der Waals surface area contributed by atoms with Gasteiger partial charge >= 0.3 is 0 Å². The van der Waals surface area contributed by atoms with Crippen LogP contribution < -0.4 is 0 Å². The van der Waals surface area contributed by atoms with E-state index in [-0.39, 0.29) is 18.4 Å². The van der Waals surface area contributed by atoms with Gasteiger partial charge in [0, 0.05) is 53.4 Å². The van der Waals surface area contributed by atoms with Gasteiger partial charge < -0.3 is 9.67 Å². The number of hydroxylamine groups is 2. The Morgan fingerprint density at radius 1 is 1.21 bits per heavy atom. The van der Waals surface area contributed by atoms with Crippen LogP contribution in [0.3, 0.4) is 0 Å². The predicted molar refractivity (Wildman–Crippen MR) is 153 cm³/mol. The highest BCUT2D eigenvalue weighted by molar-refractivity contribution is 8.13. The molecule has 1 aromatic carbocycles. The van der Waals surface area contributed by atoms with E-state index in [0.717, 1.165) is 16.5 Å². The van der Waals surface area contributed by atoms with Gasteiger partial charge in [-0.1, -0.05) is 43.0 Å². The zero-order valence-electron chi connectivity index (χ0n) is 23.9. The number of ketones is 1. The number of rotatable bonds is 4. The molecule has 0 spiro atoms. The summed E-state index contributed by atoms with van der Waals surface area (Å²) in [6.07, 6.45) is 2.80. The van der Waals surface area contributed by atoms with Crippen molar-refractivity contribution < 1.29 is 32.7 Å². The average Bonchev–Trinajstić information content (AvgIpc) is 3.55. The molecule has 224 valence electrons. The van der Waals surface area contributed by atoms with Gasteiger partial charge in [0.25, 0.3) is 0 Å². The number of fused-ring (bicyclic) bond motifs is 8. The number of aliphatic hydroxyl groups excluding tert-OH is 1. The van der Waals surface area contributed by atoms with Gasteiger partial charge in [-0.2, -0.15) is 5.06 Å². The SMILES string of the molecule is Cn1cc(CN2C[C@@H]3C[C@H]4[C@@H]5C[C@H](F)C6=CC(=O)C=C[C@]6(C)[C@@]5(F)[C@@H](O)C[C@]4(C)[C@]3(C(=O)SCF)O2)c2ccccc21. The third kappa shape index (κ3) is 3.41. The Morgan fingerprint density at radius 3 is 2.74 bits per heavy atom. The zero-order valence-corrected chi connectivity index (χ0v) is 24.7. The Kier molecular flexibility index (Phi) is 6.28. The van der Waals surface area contributed by atoms with Gasteiger partial charge in [-0.3, -0.25) is 14.4 Å². The van der Waals surface area contributed by atoms with E-state index in [1.165, 1.54) is 18.2 Å². The monoisotopic (exact) mass is 600 g/mol. The lowest BCUT2D eigenvalue weighted by molar-refractivity contribution is -0.266. The van der Waals surface area contributed by atoms with Gasteiger partial charge in [-0.25, -0.2) is 13.2 Å². The maximum absolute atomic E-state index is 17.6. The molecule has 4 fully saturated rings. The van der Waals surface area contributed by atoms with Crippen molar-refractivity contribution in [2.24, 2.45) is 35.6 Å². The molecule has 0 amide bonds. The minimum Gasteiger partial charge on any atom is -0.390 e. The fourth-order valence-corrected chi connectivity index (χ4v) is 10.4. The first-order valence-corrected chi connectivity index (χ1v) is 15.6. The largest absolute Gasteiger partial charge is 0.390 e. The van der Waals surface area contributed by atoms with Crippen molar-refractivity contribution in [1.29, 1.82) is 0 Å². The van der Waals surface area contributed by atoms with Crippen LogP contribution >= 0.6 is 11.8 Å². The van der Waals surface area contributed by atoms with Crippen molar-refractivity contribution in [3.8, 4) is 0 Å². The summed E-state index contributed by atoms with van der Waals surface area (Å²) in [4.78, 5) is 32.7. The molecule has 2 heterocycles. The number of alkyl halides is 3. The third-order valence-corrected chi connectivity index (χ3v) is 12.2. The van der Waals surface area contributed by atoms with Crippen LogP contribution in [-0.2, 0) is 28.0 Å². The minimum atomic E-state index is -2.25. The number of aromatic nitrogens is 1. The number of allylic oxidation sites excluding steroid dienone is 4. The first kappa shape index (κ1) is 28.4. The van der Waals surface area contributed by atoms with Gasteiger partial charge in [0.1, 0.15) is 12.2 Å². The van der Waals surface area contributed by atoms with Crippen molar-refractivity contribution in [2.45, 2.75) is 63.2 Å². The molecule has 0 radical (unpaired) electrons. The normalized spacial score (nSPS) is 42.7. The first-order chi connectivity index (χ1) is 19.9. The Bertz CT molecular complexity index is 1560. The number of carbonyl (C=O) groups is 2. The maximum atomic E-state index is 17.6. The second-order valence-electron chi connectivity index (χ2n) is 13.3. The number of nitrogens with zero attached hydrogens (tertiary/aromatic N) is 2. The summed E-state index contributed by atoms with van der Waals surface area (Å²) in [7, 11) is 1.97. The summed E-state index contributed by atoms with van der Waals surface area (Å²) in [6.45, 7) is 4.15. The van der Waals surface area contributed by atoms with Crippen LogP contribution in [0.15, 0.2) is 54.3 Å². The zero-order chi connectivity index (χ0) is 29.8. The van der Waals surface area contributed by atoms with Gasteiger partial charge in [0.15, 0.2) is 17.1 Å². The Labute approximate surface area is 246 Å². The number of aryl methyl sites for hydroxylation is 1. The summed E-state index contributed by atoms with van der Waals surface area (Å²) < 4.78 is 49.2. The molecule has 7 rings (SSSR count). The summed E-state index contributed by atoms with van der Waals surface area (Å²) in [6, 6.07) is 7.06. The molecule has 4 aliphatic carbocycles. The number of para-hydroxylation sites is 1. The summed E-state index contributed by atoms with van der Waals surface area (Å²) in [5.74, 6) is -2.22. The summed E-state index contributed by atoms with van der Waals surface area (Å²) >= 11 is 0.544. The molecule has 6 nitrogen and oxygen atoms in total. The van der Waals surface area contributed by atoms with Crippen LogP contribution in [0.5, 0.6) is 0 Å². The van der Waals surface area contributed by atoms with Crippen LogP contribution in [0.25, 0.3) is 10.9 Å². The molecule has 1 N–H and O–H groups in total. The van der Waals surface area contributed by atoms with Gasteiger partial charge in [0.05, 0.1) is 12.6 Å². The molecular formula is C32H35F3N2O4S. The van der Waals surface area contributed by atoms with Gasteiger partial charge in [-0.05, 0) is 61.5 Å². The van der Waals surface area contributed by atoms with E-state index >= 15 is 8.78 Å². The molecule has 3 saturated carbocycles. The molecule has 1 aromatic heterocycles. The second kappa shape index (κ2) is 9.30. The van der Waals surface area contributed by atoms with Gasteiger partial charge in [0.2, 0.25) is 5.12 Å². The number of aliphatic hydroxyl groups is 1. The highest BCUT2D eigenvalue weighted by Crippen LogP contribution is 2.73. The quantitative estimate of drug-likeness (QED) is 0.507. The first-order valence-electron chi connectivity index (χ1n) is 14.6. The number of thioether (sulfide) groups is 1. The molecule has 0 bridgehead atoms. The predicted octanol–water partition coefficient (Wildman–Crippen LogP) is 5.40. The average molecular weight is 601 g/mol. The van der Waals surface area contributed by atoms with E-state index in [2.05, 4.69) is 0 Å². The topological polar surface area (TPSA) is 71.8 Å². The highest BCUT2D eigenvalue weighted by Gasteiger charge is 2.79. The highest BCUT2D eigenvalue weighted by atomic mass is 32.2. The molecule has 2 aromatic rings. The van der Waals surface area contributed by atoms with E-state index in [9.17, 15) is 19.1 Å². The number of halogens is 3. The van der Waals surface area contributed by atoms with Crippen molar-refractivity contribution in [3.63, 3.8) is 0 Å². The minimum absolute atomic E-state index is 0.0610. The molecule has 5 aliphatic rings. The number of carbonyl (C=O) groups excluding carboxylic acids is 2. The Balaban J connectivity index is 1.28. The van der Waals surface area contributed by atoms with Crippen LogP contribution in [0.4, 0.5) is 13.2 Å². The molecule has 1 saturated heterocycles. The molecule has 42 heavy (non-hydrogen) atoms. The number of benzene rings is 1. The van der Waals surface area contributed by atoms with Crippen molar-refractivity contribution in [3.05, 3.63) is 59.8 Å². The molecular weight excluding hydrogens is 565 g/mol. The van der Waals surface area contributed by atoms with Crippen LogP contribution in [0.1, 0.15) is 38.7 Å². The van der Waals surface area contributed by atoms with Crippen molar-refractivity contribution in [1.82, 2.24) is 9.63 Å². The molecule has 9 atom stereocenters. The molecule has 1 aliphatic heterocycles. The number of hydrogen-bond donors (Lipinski definition) is 1. The second-order valence-corrected chi connectivity index (χ2v) is 14.1. The van der Waals surface area contributed by atoms with Crippen LogP contribution in [-0.4, -0.2) is 61.7 Å². The Morgan fingerprint density at radius 2 is 1.98 bits per heavy atom. The van der Waals surface area contributed by atoms with Crippen molar-refractivity contribution >= 4 is 33.6 Å². The fraction of sp³-hybridized carbons (Fsp3) is 0.562. The summed E-state index contributed by atoms with van der Waals surface area (Å²) in [5.41, 5.74) is -4.19. The van der Waals surface area contributed by atoms with E-state index in [1.54, 1.807) is 12.0 Å². The lowest BCUT2D eigenvalue weighted by atomic mass is 9.44. The van der Waals surface area contributed by atoms with Crippen LogP contribution in [0.2, 0.25) is 0 Å². The molecule has 0 unspecified atom stereocenters. The molecule has 10 heteroatoms. The van der Waals surface area contributed by atoms with E-state index in [1.807, 2.05) is 49.0 Å². The lowest BCUT2D eigenvalue weighted by Crippen LogP contribution is -2.70. The smallest absolute Gasteiger partial charge is 0.226 e. The van der Waals surface area contributed by atoms with E-state index < -0.39 is 69.0 Å². The van der Waals surface area contributed by atoms with E-state index in [0.29, 0.717) is 31.3 Å². The van der Waals surface area contributed by atoms with E-state index in [4.69, 9.17) is 4.84 Å². The fourth-order valence-electron chi connectivity index (χ4n) is 9.65. The third-order valence-electron chi connectivity index (χ3n) is 11.5. The van der Waals surface area contributed by atoms with Gasteiger partial charge in [-0.15, -0.1) is 0 Å². The lowest BCUT2D eigenvalue weighted by Gasteiger charge is -2.63. The maximum Gasteiger partial charge on any atom is 0.226 e. The number of hydrogen-bond acceptors (Lipinski definition) is 6. The summed E-state index contributed by atoms with van der Waals surface area (Å²) in [5, 5.41) is 14.0. The standard InChI is InChI=1S/C32H35F3N2O4S/c1-29-9-8-20(38)11-24(29)25(34)12-23-22-10-19-16-37(15-18-14-36(3)26-7-5-4-6-21(18)26)41-32(19,28(40)42-17-33)30(22,2)13-27(39)31(23,29)35/h4-9,11,14,19,22-23,25,27,39H,10,12-13,15-17H2,1-3H3/t19-,22-,23-,25-,27-,29-,30-,31-,32-/m0/s1. The van der Waals surface area contributed by atoms with Crippen LogP contribution in [0, 0.1) is 28.6 Å². The Hall–Kier alpha value is -2.40.